The molecule has 12 nitrogen and oxygen atoms in total. The molecule has 6 N–H and O–H groups in total. The van der Waals surface area contributed by atoms with E-state index in [1.807, 2.05) is 42.7 Å². The van der Waals surface area contributed by atoms with Gasteiger partial charge in [-0.05, 0) is 62.9 Å². The standard InChI is InChI=1S/C28H33N9O3/c1-3-37-22(13-17(2)35-37)27(39)34-28-33-21-14-19(26(30)38)15-23(40-16-18-8-9-18)24(21)36(28)12-5-4-10-31-20-7-6-11-32-25(20)29/h4-7,11,13-15,18,31H,3,8-10,12,16H2,1-2H3,(H2,29,32)(H2,30,38)(H,33,34,39)/b5-4+. The molecule has 0 radical (unpaired) electrons. The van der Waals surface area contributed by atoms with E-state index in [0.717, 1.165) is 24.2 Å². The minimum absolute atomic E-state index is 0.286. The normalized spacial score (nSPS) is 13.2. The fraction of sp³-hybridized carbons (Fsp3) is 0.321. The van der Waals surface area contributed by atoms with E-state index in [1.54, 1.807) is 29.1 Å². The number of pyridine rings is 1. The van der Waals surface area contributed by atoms with Crippen LogP contribution in [0, 0.1) is 12.8 Å². The van der Waals surface area contributed by atoms with Gasteiger partial charge in [0.05, 0.1) is 23.5 Å². The Labute approximate surface area is 231 Å². The minimum Gasteiger partial charge on any atom is -0.491 e. The van der Waals surface area contributed by atoms with Gasteiger partial charge in [0.25, 0.3) is 5.91 Å². The smallest absolute Gasteiger partial charge is 0.276 e. The quantitative estimate of drug-likeness (QED) is 0.197. The monoisotopic (exact) mass is 543 g/mol. The van der Waals surface area contributed by atoms with Crippen molar-refractivity contribution in [1.82, 2.24) is 24.3 Å². The summed E-state index contributed by atoms with van der Waals surface area (Å²) in [6.07, 6.45) is 7.75. The molecule has 3 heterocycles. The van der Waals surface area contributed by atoms with E-state index in [4.69, 9.17) is 16.2 Å². The maximum absolute atomic E-state index is 13.3. The van der Waals surface area contributed by atoms with Crippen molar-refractivity contribution in [3.05, 3.63) is 65.6 Å². The third-order valence-electron chi connectivity index (χ3n) is 6.63. The molecule has 1 aliphatic carbocycles. The molecule has 4 aromatic rings. The van der Waals surface area contributed by atoms with Crippen LogP contribution in [0.25, 0.3) is 11.0 Å². The van der Waals surface area contributed by atoms with Gasteiger partial charge in [-0.25, -0.2) is 9.97 Å². The fourth-order valence-electron chi connectivity index (χ4n) is 4.38. The van der Waals surface area contributed by atoms with E-state index in [1.165, 1.54) is 0 Å². The molecule has 3 aromatic heterocycles. The minimum atomic E-state index is -0.582. The van der Waals surface area contributed by atoms with Crippen LogP contribution in [0.3, 0.4) is 0 Å². The molecule has 1 fully saturated rings. The van der Waals surface area contributed by atoms with Crippen LogP contribution in [-0.4, -0.2) is 49.3 Å². The van der Waals surface area contributed by atoms with Gasteiger partial charge in [-0.3, -0.25) is 19.6 Å². The van der Waals surface area contributed by atoms with Crippen molar-refractivity contribution in [1.29, 1.82) is 0 Å². The van der Waals surface area contributed by atoms with E-state index in [0.29, 0.717) is 66.4 Å². The molecule has 1 aliphatic rings. The number of imidazole rings is 1. The first-order valence-corrected chi connectivity index (χ1v) is 13.3. The number of hydrogen-bond donors (Lipinski definition) is 4. The van der Waals surface area contributed by atoms with Gasteiger partial charge >= 0.3 is 0 Å². The van der Waals surface area contributed by atoms with Crippen molar-refractivity contribution in [2.24, 2.45) is 11.7 Å². The van der Waals surface area contributed by atoms with Crippen molar-refractivity contribution in [2.75, 3.05) is 29.5 Å². The third-order valence-corrected chi connectivity index (χ3v) is 6.63. The number of aryl methyl sites for hydroxylation is 2. The lowest BCUT2D eigenvalue weighted by atomic mass is 10.1. The summed E-state index contributed by atoms with van der Waals surface area (Å²) in [5.41, 5.74) is 14.9. The molecular weight excluding hydrogens is 510 g/mol. The van der Waals surface area contributed by atoms with Gasteiger partial charge in [-0.15, -0.1) is 0 Å². The Kier molecular flexibility index (Phi) is 7.67. The predicted octanol–water partition coefficient (Wildman–Crippen LogP) is 3.35. The molecule has 2 amide bonds. The first kappa shape index (κ1) is 26.7. The molecule has 12 heteroatoms. The van der Waals surface area contributed by atoms with Crippen LogP contribution in [0.1, 0.15) is 46.3 Å². The van der Waals surface area contributed by atoms with Crippen molar-refractivity contribution >= 4 is 40.3 Å². The van der Waals surface area contributed by atoms with Crippen LogP contribution in [0.4, 0.5) is 17.5 Å². The molecule has 0 atom stereocenters. The predicted molar refractivity (Wildman–Crippen MR) is 153 cm³/mol. The topological polar surface area (TPSA) is 168 Å². The number of nitrogen functional groups attached to an aromatic ring is 1. The Balaban J connectivity index is 1.48. The molecule has 5 rings (SSSR count). The molecule has 1 aromatic carbocycles. The molecule has 0 aliphatic heterocycles. The molecular formula is C28H33N9O3. The zero-order valence-electron chi connectivity index (χ0n) is 22.6. The number of carbonyl (C=O) groups is 2. The average molecular weight is 544 g/mol. The average Bonchev–Trinajstić information content (AvgIpc) is 3.59. The van der Waals surface area contributed by atoms with E-state index < -0.39 is 5.91 Å². The highest BCUT2D eigenvalue weighted by Gasteiger charge is 2.25. The lowest BCUT2D eigenvalue weighted by Gasteiger charge is -2.13. The number of ether oxygens (including phenoxy) is 1. The number of rotatable bonds is 12. The number of aromatic nitrogens is 5. The molecule has 208 valence electrons. The summed E-state index contributed by atoms with van der Waals surface area (Å²) >= 11 is 0. The zero-order chi connectivity index (χ0) is 28.2. The molecule has 0 unspecified atom stereocenters. The fourth-order valence-corrected chi connectivity index (χ4v) is 4.38. The first-order chi connectivity index (χ1) is 19.3. The number of hydrogen-bond acceptors (Lipinski definition) is 8. The van der Waals surface area contributed by atoms with Gasteiger partial charge in [0, 0.05) is 31.4 Å². The number of anilines is 3. The van der Waals surface area contributed by atoms with Crippen LogP contribution >= 0.6 is 0 Å². The highest BCUT2D eigenvalue weighted by molar-refractivity contribution is 6.04. The number of amides is 2. The molecule has 0 spiro atoms. The zero-order valence-corrected chi connectivity index (χ0v) is 22.6. The summed E-state index contributed by atoms with van der Waals surface area (Å²) in [6, 6.07) is 8.66. The second-order valence-electron chi connectivity index (χ2n) is 9.74. The Bertz CT molecular complexity index is 1580. The summed E-state index contributed by atoms with van der Waals surface area (Å²) in [5, 5.41) is 10.5. The van der Waals surface area contributed by atoms with Crippen molar-refractivity contribution in [3.63, 3.8) is 0 Å². The second kappa shape index (κ2) is 11.5. The Morgan fingerprint density at radius 1 is 1.23 bits per heavy atom. The van der Waals surface area contributed by atoms with Crippen LogP contribution in [0.5, 0.6) is 5.75 Å². The maximum Gasteiger partial charge on any atom is 0.276 e. The Morgan fingerprint density at radius 3 is 2.77 bits per heavy atom. The first-order valence-electron chi connectivity index (χ1n) is 13.3. The number of primary amides is 1. The van der Waals surface area contributed by atoms with Crippen LogP contribution in [0.15, 0.2) is 48.7 Å². The molecule has 0 bridgehead atoms. The SMILES string of the molecule is CCn1nc(C)cc1C(=O)Nc1nc2cc(C(N)=O)cc(OCC3CC3)c2n1C/C=C/CNc1cccnc1N. The lowest BCUT2D eigenvalue weighted by molar-refractivity contribution is 0.0995. The van der Waals surface area contributed by atoms with E-state index >= 15 is 0 Å². The van der Waals surface area contributed by atoms with Gasteiger partial charge in [0.15, 0.2) is 0 Å². The highest BCUT2D eigenvalue weighted by atomic mass is 16.5. The number of carbonyl (C=O) groups excluding carboxylic acids is 2. The van der Waals surface area contributed by atoms with Gasteiger partial charge in [-0.1, -0.05) is 12.2 Å². The summed E-state index contributed by atoms with van der Waals surface area (Å²) in [5.74, 6) is 0.800. The van der Waals surface area contributed by atoms with Gasteiger partial charge < -0.3 is 26.1 Å². The molecule has 0 saturated heterocycles. The third kappa shape index (κ3) is 5.90. The number of benzene rings is 1. The number of allylic oxidation sites excluding steroid dienone is 1. The van der Waals surface area contributed by atoms with Crippen molar-refractivity contribution in [3.8, 4) is 5.75 Å². The lowest BCUT2D eigenvalue weighted by Crippen LogP contribution is -2.20. The molecule has 1 saturated carbocycles. The number of nitrogens with two attached hydrogens (primary N) is 2. The van der Waals surface area contributed by atoms with Gasteiger partial charge in [0.1, 0.15) is 22.8 Å². The Hall–Kier alpha value is -4.87. The molecule has 40 heavy (non-hydrogen) atoms. The van der Waals surface area contributed by atoms with Gasteiger partial charge in [0.2, 0.25) is 11.9 Å². The maximum atomic E-state index is 13.3. The summed E-state index contributed by atoms with van der Waals surface area (Å²) in [4.78, 5) is 34.2. The van der Waals surface area contributed by atoms with Crippen molar-refractivity contribution < 1.29 is 14.3 Å². The van der Waals surface area contributed by atoms with Gasteiger partial charge in [-0.2, -0.15) is 5.10 Å². The second-order valence-corrected chi connectivity index (χ2v) is 9.74. The van der Waals surface area contributed by atoms with E-state index in [2.05, 4.69) is 25.7 Å². The van der Waals surface area contributed by atoms with Crippen LogP contribution in [-0.2, 0) is 13.1 Å². The van der Waals surface area contributed by atoms with Crippen LogP contribution in [0.2, 0.25) is 0 Å². The highest BCUT2D eigenvalue weighted by Crippen LogP contribution is 2.34. The van der Waals surface area contributed by atoms with Crippen molar-refractivity contribution in [2.45, 2.75) is 39.8 Å². The number of fused-ring (bicyclic) bond motifs is 1. The van der Waals surface area contributed by atoms with E-state index in [-0.39, 0.29) is 11.5 Å². The van der Waals surface area contributed by atoms with Crippen LogP contribution < -0.4 is 26.8 Å². The Morgan fingerprint density at radius 2 is 2.05 bits per heavy atom. The summed E-state index contributed by atoms with van der Waals surface area (Å²) in [6.45, 7) is 5.72. The summed E-state index contributed by atoms with van der Waals surface area (Å²) < 4.78 is 9.66. The number of nitrogens with zero attached hydrogens (tertiary/aromatic N) is 5. The summed E-state index contributed by atoms with van der Waals surface area (Å²) in [7, 11) is 0. The largest absolute Gasteiger partial charge is 0.491 e. The van der Waals surface area contributed by atoms with E-state index in [9.17, 15) is 9.59 Å². The number of nitrogens with one attached hydrogen (secondary N) is 2.